The highest BCUT2D eigenvalue weighted by Gasteiger charge is 2.23. The van der Waals surface area contributed by atoms with Gasteiger partial charge in [-0.1, -0.05) is 20.8 Å². The van der Waals surface area contributed by atoms with Gasteiger partial charge in [0.25, 0.3) is 0 Å². The van der Waals surface area contributed by atoms with Crippen molar-refractivity contribution in [3.63, 3.8) is 0 Å². The Labute approximate surface area is 119 Å². The largest absolute Gasteiger partial charge is 0.480 e. The molecule has 0 rings (SSSR count). The van der Waals surface area contributed by atoms with Crippen LogP contribution in [-0.2, 0) is 9.59 Å². The number of carbonyl (C=O) groups excluding carboxylic acids is 2. The second kappa shape index (κ2) is 9.17. The molecule has 20 heavy (non-hydrogen) atoms. The van der Waals surface area contributed by atoms with Gasteiger partial charge in [-0.3, -0.25) is 4.79 Å². The molecular formula is C13H25N3O4. The second-order valence-electron chi connectivity index (χ2n) is 5.18. The maximum atomic E-state index is 11.8. The van der Waals surface area contributed by atoms with Crippen molar-refractivity contribution in [3.05, 3.63) is 0 Å². The molecule has 0 saturated carbocycles. The number of nitrogens with one attached hydrogen (secondary N) is 2. The lowest BCUT2D eigenvalue weighted by Crippen LogP contribution is -2.49. The van der Waals surface area contributed by atoms with E-state index in [4.69, 9.17) is 5.11 Å². The minimum Gasteiger partial charge on any atom is -0.480 e. The van der Waals surface area contributed by atoms with E-state index in [9.17, 15) is 14.4 Å². The van der Waals surface area contributed by atoms with Crippen LogP contribution in [0.15, 0.2) is 0 Å². The molecule has 0 bridgehead atoms. The second-order valence-corrected chi connectivity index (χ2v) is 5.18. The molecule has 0 fully saturated rings. The van der Waals surface area contributed by atoms with Crippen molar-refractivity contribution in [3.8, 4) is 0 Å². The monoisotopic (exact) mass is 287 g/mol. The lowest BCUT2D eigenvalue weighted by Gasteiger charge is -2.22. The summed E-state index contributed by atoms with van der Waals surface area (Å²) in [5.74, 6) is -1.19. The molecule has 3 amide bonds. The van der Waals surface area contributed by atoms with Crippen LogP contribution in [0.1, 0.15) is 33.6 Å². The topological polar surface area (TPSA) is 98.7 Å². The van der Waals surface area contributed by atoms with Crippen molar-refractivity contribution >= 4 is 17.9 Å². The lowest BCUT2D eigenvalue weighted by atomic mass is 10.0. The quantitative estimate of drug-likeness (QED) is 0.610. The van der Waals surface area contributed by atoms with Gasteiger partial charge in [0, 0.05) is 13.6 Å². The Kier molecular flexibility index (Phi) is 8.35. The number of hydrogen-bond acceptors (Lipinski definition) is 3. The molecule has 116 valence electrons. The molecule has 0 heterocycles. The number of amides is 3. The van der Waals surface area contributed by atoms with Gasteiger partial charge in [0.2, 0.25) is 5.91 Å². The molecule has 0 spiro atoms. The molecule has 0 aromatic rings. The summed E-state index contributed by atoms with van der Waals surface area (Å²) < 4.78 is 0. The van der Waals surface area contributed by atoms with Crippen LogP contribution in [-0.4, -0.2) is 54.1 Å². The summed E-state index contributed by atoms with van der Waals surface area (Å²) in [4.78, 5) is 35.5. The average molecular weight is 287 g/mol. The van der Waals surface area contributed by atoms with E-state index in [1.54, 1.807) is 0 Å². The van der Waals surface area contributed by atoms with Gasteiger partial charge >= 0.3 is 12.0 Å². The zero-order valence-corrected chi connectivity index (χ0v) is 12.6. The van der Waals surface area contributed by atoms with Crippen molar-refractivity contribution in [1.82, 2.24) is 15.5 Å². The summed E-state index contributed by atoms with van der Waals surface area (Å²) >= 11 is 0. The average Bonchev–Trinajstić information content (AvgIpc) is 2.34. The van der Waals surface area contributed by atoms with E-state index in [1.165, 1.54) is 11.9 Å². The van der Waals surface area contributed by atoms with Gasteiger partial charge in [-0.2, -0.15) is 0 Å². The zero-order valence-electron chi connectivity index (χ0n) is 12.6. The molecule has 0 aliphatic carbocycles. The maximum Gasteiger partial charge on any atom is 0.326 e. The molecule has 0 unspecified atom stereocenters. The van der Waals surface area contributed by atoms with E-state index in [2.05, 4.69) is 10.6 Å². The number of carboxylic acids is 1. The Hall–Kier alpha value is -1.79. The number of carboxylic acid groups (broad SMARTS) is 1. The van der Waals surface area contributed by atoms with E-state index in [0.29, 0.717) is 13.0 Å². The Balaban J connectivity index is 4.34. The molecule has 1 atom stereocenters. The maximum absolute atomic E-state index is 11.8. The highest BCUT2D eigenvalue weighted by atomic mass is 16.4. The van der Waals surface area contributed by atoms with Crippen LogP contribution >= 0.6 is 0 Å². The molecule has 0 aliphatic rings. The Morgan fingerprint density at radius 2 is 1.85 bits per heavy atom. The zero-order chi connectivity index (χ0) is 15.7. The fourth-order valence-corrected chi connectivity index (χ4v) is 1.56. The van der Waals surface area contributed by atoms with Gasteiger partial charge in [-0.15, -0.1) is 0 Å². The van der Waals surface area contributed by atoms with Gasteiger partial charge in [-0.05, 0) is 18.8 Å². The van der Waals surface area contributed by atoms with E-state index in [0.717, 1.165) is 6.42 Å². The summed E-state index contributed by atoms with van der Waals surface area (Å²) in [6.07, 6.45) is 1.16. The number of aliphatic carboxylic acids is 1. The predicted octanol–water partition coefficient (Wildman–Crippen LogP) is 0.653. The van der Waals surface area contributed by atoms with Gasteiger partial charge in [-0.25, -0.2) is 9.59 Å². The number of hydrogen-bond donors (Lipinski definition) is 3. The minimum absolute atomic E-state index is 0.0974. The lowest BCUT2D eigenvalue weighted by molar-refractivity contribution is -0.139. The van der Waals surface area contributed by atoms with Crippen LogP contribution in [0.3, 0.4) is 0 Å². The van der Waals surface area contributed by atoms with Crippen molar-refractivity contribution in [1.29, 1.82) is 0 Å². The SMILES string of the molecule is CCCNC(=O)CN(C)C(=O)N[C@@H](CC(C)C)C(=O)O. The van der Waals surface area contributed by atoms with Crippen LogP contribution < -0.4 is 10.6 Å². The molecular weight excluding hydrogens is 262 g/mol. The fraction of sp³-hybridized carbons (Fsp3) is 0.769. The van der Waals surface area contributed by atoms with Crippen molar-refractivity contribution < 1.29 is 19.5 Å². The number of urea groups is 1. The Morgan fingerprint density at radius 1 is 1.25 bits per heavy atom. The molecule has 7 heteroatoms. The van der Waals surface area contributed by atoms with Crippen molar-refractivity contribution in [2.45, 2.75) is 39.7 Å². The molecule has 0 aromatic heterocycles. The number of rotatable bonds is 8. The first-order valence-corrected chi connectivity index (χ1v) is 6.79. The number of carbonyl (C=O) groups is 3. The summed E-state index contributed by atoms with van der Waals surface area (Å²) in [6.45, 7) is 6.15. The summed E-state index contributed by atoms with van der Waals surface area (Å²) in [6, 6.07) is -1.51. The highest BCUT2D eigenvalue weighted by Crippen LogP contribution is 2.05. The fourth-order valence-electron chi connectivity index (χ4n) is 1.56. The van der Waals surface area contributed by atoms with Crippen LogP contribution in [0.4, 0.5) is 4.79 Å². The van der Waals surface area contributed by atoms with Gasteiger partial charge < -0.3 is 20.6 Å². The standard InChI is InChI=1S/C13H25N3O4/c1-5-6-14-11(17)8-16(4)13(20)15-10(12(18)19)7-9(2)3/h9-10H,5-8H2,1-4H3,(H,14,17)(H,15,20)(H,18,19)/t10-/m0/s1. The molecule has 0 aromatic carbocycles. The Bertz CT molecular complexity index is 345. The summed E-state index contributed by atoms with van der Waals surface area (Å²) in [7, 11) is 1.45. The van der Waals surface area contributed by atoms with Crippen LogP contribution in [0, 0.1) is 5.92 Å². The smallest absolute Gasteiger partial charge is 0.326 e. The summed E-state index contributed by atoms with van der Waals surface area (Å²) in [5.41, 5.74) is 0. The Morgan fingerprint density at radius 3 is 2.30 bits per heavy atom. The van der Waals surface area contributed by atoms with Gasteiger partial charge in [0.15, 0.2) is 0 Å². The normalized spacial score (nSPS) is 11.8. The number of likely N-dealkylation sites (N-methyl/N-ethyl adjacent to an activating group) is 1. The first-order valence-electron chi connectivity index (χ1n) is 6.79. The van der Waals surface area contributed by atoms with Gasteiger partial charge in [0.05, 0.1) is 0 Å². The molecule has 7 nitrogen and oxygen atoms in total. The van der Waals surface area contributed by atoms with Crippen LogP contribution in [0.5, 0.6) is 0 Å². The van der Waals surface area contributed by atoms with Crippen LogP contribution in [0.25, 0.3) is 0 Å². The van der Waals surface area contributed by atoms with E-state index < -0.39 is 18.0 Å². The molecule has 3 N–H and O–H groups in total. The number of nitrogens with zero attached hydrogens (tertiary/aromatic N) is 1. The van der Waals surface area contributed by atoms with Crippen molar-refractivity contribution in [2.75, 3.05) is 20.1 Å². The summed E-state index contributed by atoms with van der Waals surface area (Å²) in [5, 5.41) is 14.1. The minimum atomic E-state index is -1.07. The van der Waals surface area contributed by atoms with Crippen LogP contribution in [0.2, 0.25) is 0 Å². The first-order chi connectivity index (χ1) is 9.27. The predicted molar refractivity (Wildman–Crippen MR) is 75.3 cm³/mol. The molecule has 0 aliphatic heterocycles. The third-order valence-corrected chi connectivity index (χ3v) is 2.60. The molecule has 0 radical (unpaired) electrons. The highest BCUT2D eigenvalue weighted by molar-refractivity contribution is 5.86. The third kappa shape index (κ3) is 7.60. The van der Waals surface area contributed by atoms with E-state index in [1.807, 2.05) is 20.8 Å². The van der Waals surface area contributed by atoms with Gasteiger partial charge in [0.1, 0.15) is 12.6 Å². The van der Waals surface area contributed by atoms with E-state index >= 15 is 0 Å². The van der Waals surface area contributed by atoms with Crippen molar-refractivity contribution in [2.24, 2.45) is 5.92 Å². The first kappa shape index (κ1) is 18.2. The van der Waals surface area contributed by atoms with E-state index in [-0.39, 0.29) is 18.4 Å². The third-order valence-electron chi connectivity index (χ3n) is 2.60. The molecule has 0 saturated heterocycles.